The van der Waals surface area contributed by atoms with Gasteiger partial charge in [0.15, 0.2) is 0 Å². The highest BCUT2D eigenvalue weighted by molar-refractivity contribution is 9.10. The van der Waals surface area contributed by atoms with E-state index in [0.29, 0.717) is 0 Å². The van der Waals surface area contributed by atoms with Crippen LogP contribution < -0.4 is 5.32 Å². The average molecular weight is 425 g/mol. The summed E-state index contributed by atoms with van der Waals surface area (Å²) in [6.07, 6.45) is 11.5. The fourth-order valence-electron chi connectivity index (χ4n) is 6.12. The second kappa shape index (κ2) is 6.44. The molecule has 1 aromatic heterocycles. The zero-order chi connectivity index (χ0) is 18.5. The number of pyridine rings is 1. The van der Waals surface area contributed by atoms with E-state index in [1.54, 1.807) is 0 Å². The molecule has 27 heavy (non-hydrogen) atoms. The van der Waals surface area contributed by atoms with Crippen molar-refractivity contribution in [3.8, 4) is 0 Å². The van der Waals surface area contributed by atoms with Crippen LogP contribution in [0.2, 0.25) is 0 Å². The molecule has 0 saturated heterocycles. The molecule has 4 bridgehead atoms. The zero-order valence-electron chi connectivity index (χ0n) is 15.5. The summed E-state index contributed by atoms with van der Waals surface area (Å²) in [6, 6.07) is 12.4. The fraction of sp³-hybridized carbons (Fsp3) is 0.478. The highest BCUT2D eigenvalue weighted by Crippen LogP contribution is 2.64. The second-order valence-corrected chi connectivity index (χ2v) is 10.8. The molecular weight excluding hydrogens is 400 g/mol. The molecule has 4 aliphatic carbocycles. The highest BCUT2D eigenvalue weighted by atomic mass is 79.9. The van der Waals surface area contributed by atoms with Crippen LogP contribution in [-0.4, -0.2) is 15.2 Å². The number of rotatable bonds is 4. The van der Waals surface area contributed by atoms with Crippen molar-refractivity contribution in [3.05, 3.63) is 59.9 Å². The van der Waals surface area contributed by atoms with Gasteiger partial charge in [-0.15, -0.1) is 0 Å². The van der Waals surface area contributed by atoms with Crippen LogP contribution in [0.5, 0.6) is 0 Å². The number of hydrogen-bond acceptors (Lipinski definition) is 2. The van der Waals surface area contributed by atoms with Crippen LogP contribution in [0.15, 0.2) is 48.8 Å². The lowest BCUT2D eigenvalue weighted by Gasteiger charge is -2.59. The number of carbonyl (C=O) groups is 1. The first kappa shape index (κ1) is 17.4. The summed E-state index contributed by atoms with van der Waals surface area (Å²) in [5.41, 5.74) is 3.24. The second-order valence-electron chi connectivity index (χ2n) is 9.08. The lowest BCUT2D eigenvalue weighted by Crippen LogP contribution is -2.57. The Morgan fingerprint density at radius 1 is 1.00 bits per heavy atom. The normalized spacial score (nSPS) is 33.8. The minimum Gasteiger partial charge on any atom is -0.326 e. The van der Waals surface area contributed by atoms with E-state index in [1.807, 2.05) is 36.7 Å². The predicted molar refractivity (Wildman–Crippen MR) is 111 cm³/mol. The average Bonchev–Trinajstić information content (AvgIpc) is 2.62. The van der Waals surface area contributed by atoms with Gasteiger partial charge in [0, 0.05) is 22.4 Å². The molecule has 4 aliphatic rings. The van der Waals surface area contributed by atoms with E-state index < -0.39 is 0 Å². The van der Waals surface area contributed by atoms with E-state index in [9.17, 15) is 4.79 Å². The summed E-state index contributed by atoms with van der Waals surface area (Å²) in [5, 5.41) is 3.24. The lowest BCUT2D eigenvalue weighted by atomic mass is 9.49. The van der Waals surface area contributed by atoms with Crippen molar-refractivity contribution in [1.29, 1.82) is 0 Å². The Kier molecular flexibility index (Phi) is 4.15. The van der Waals surface area contributed by atoms with Gasteiger partial charge in [-0.3, -0.25) is 9.78 Å². The summed E-state index contributed by atoms with van der Waals surface area (Å²) < 4.78 is 0.211. The van der Waals surface area contributed by atoms with Gasteiger partial charge in [-0.1, -0.05) is 28.1 Å². The summed E-state index contributed by atoms with van der Waals surface area (Å²) in [5.74, 6) is 1.68. The number of halogens is 1. The van der Waals surface area contributed by atoms with Crippen molar-refractivity contribution in [2.45, 2.75) is 49.3 Å². The predicted octanol–water partition coefficient (Wildman–Crippen LogP) is 5.34. The summed E-state index contributed by atoms with van der Waals surface area (Å²) in [4.78, 5) is 17.3. The summed E-state index contributed by atoms with van der Waals surface area (Å²) >= 11 is 4.00. The zero-order valence-corrected chi connectivity index (χ0v) is 17.0. The topological polar surface area (TPSA) is 42.0 Å². The van der Waals surface area contributed by atoms with Crippen LogP contribution >= 0.6 is 15.9 Å². The summed E-state index contributed by atoms with van der Waals surface area (Å²) in [7, 11) is 0. The SMILES string of the molecule is O=C(Nc1ccc(Cc2ccncc2)cc1)C12CC3CC(CC(Br)(C3)C1)C2. The Hall–Kier alpha value is -1.68. The van der Waals surface area contributed by atoms with Crippen molar-refractivity contribution >= 4 is 27.5 Å². The number of nitrogens with one attached hydrogen (secondary N) is 1. The number of carbonyl (C=O) groups excluding carboxylic acids is 1. The first-order chi connectivity index (χ1) is 13.0. The first-order valence-corrected chi connectivity index (χ1v) is 10.8. The molecule has 140 valence electrons. The van der Waals surface area contributed by atoms with Crippen molar-refractivity contribution in [1.82, 2.24) is 4.98 Å². The van der Waals surface area contributed by atoms with Gasteiger partial charge in [0.2, 0.25) is 5.91 Å². The van der Waals surface area contributed by atoms with Crippen LogP contribution in [0.1, 0.15) is 49.7 Å². The number of nitrogens with zero attached hydrogens (tertiary/aromatic N) is 1. The van der Waals surface area contributed by atoms with Crippen LogP contribution in [0.25, 0.3) is 0 Å². The third-order valence-electron chi connectivity index (χ3n) is 6.84. The fourth-order valence-corrected chi connectivity index (χ4v) is 7.57. The van der Waals surface area contributed by atoms with E-state index in [0.717, 1.165) is 43.2 Å². The molecule has 1 heterocycles. The molecule has 4 fully saturated rings. The van der Waals surface area contributed by atoms with Crippen molar-refractivity contribution < 1.29 is 4.79 Å². The molecule has 4 heteroatoms. The number of benzene rings is 1. The smallest absolute Gasteiger partial charge is 0.230 e. The molecule has 4 saturated carbocycles. The minimum atomic E-state index is -0.163. The van der Waals surface area contributed by atoms with Gasteiger partial charge >= 0.3 is 0 Å². The van der Waals surface area contributed by atoms with Crippen LogP contribution in [0.3, 0.4) is 0 Å². The van der Waals surface area contributed by atoms with Gasteiger partial charge in [-0.2, -0.15) is 0 Å². The maximum Gasteiger partial charge on any atom is 0.230 e. The van der Waals surface area contributed by atoms with Gasteiger partial charge in [-0.25, -0.2) is 0 Å². The number of anilines is 1. The molecule has 3 nitrogen and oxygen atoms in total. The van der Waals surface area contributed by atoms with Gasteiger partial charge in [0.25, 0.3) is 0 Å². The molecule has 1 aromatic carbocycles. The third kappa shape index (κ3) is 3.33. The Labute approximate surface area is 169 Å². The van der Waals surface area contributed by atoms with Crippen LogP contribution in [0, 0.1) is 17.3 Å². The molecule has 2 unspecified atom stereocenters. The monoisotopic (exact) mass is 424 g/mol. The molecule has 0 radical (unpaired) electrons. The van der Waals surface area contributed by atoms with E-state index in [2.05, 4.69) is 38.4 Å². The van der Waals surface area contributed by atoms with E-state index in [4.69, 9.17) is 0 Å². The maximum atomic E-state index is 13.2. The van der Waals surface area contributed by atoms with Crippen molar-refractivity contribution in [2.24, 2.45) is 17.3 Å². The van der Waals surface area contributed by atoms with E-state index in [1.165, 1.54) is 30.4 Å². The lowest BCUT2D eigenvalue weighted by molar-refractivity contribution is -0.138. The Morgan fingerprint density at radius 3 is 2.26 bits per heavy atom. The molecule has 2 aromatic rings. The molecule has 0 aliphatic heterocycles. The maximum absolute atomic E-state index is 13.2. The van der Waals surface area contributed by atoms with Gasteiger partial charge < -0.3 is 5.32 Å². The van der Waals surface area contributed by atoms with E-state index in [-0.39, 0.29) is 15.6 Å². The quantitative estimate of drug-likeness (QED) is 0.672. The van der Waals surface area contributed by atoms with Gasteiger partial charge in [0.1, 0.15) is 0 Å². The largest absolute Gasteiger partial charge is 0.326 e. The van der Waals surface area contributed by atoms with Gasteiger partial charge in [0.05, 0.1) is 5.41 Å². The molecule has 0 spiro atoms. The first-order valence-electron chi connectivity index (χ1n) is 10.0. The van der Waals surface area contributed by atoms with Crippen LogP contribution in [0.4, 0.5) is 5.69 Å². The van der Waals surface area contributed by atoms with Crippen molar-refractivity contribution in [3.63, 3.8) is 0 Å². The molecule has 1 N–H and O–H groups in total. The highest BCUT2D eigenvalue weighted by Gasteiger charge is 2.59. The Balaban J connectivity index is 1.29. The standard InChI is InChI=1S/C23H25BrN2O/c24-23-13-18-10-19(14-23)12-22(11-18,15-23)21(27)26-20-3-1-16(2-4-20)9-17-5-7-25-8-6-17/h1-8,18-19H,9-15H2,(H,26,27). The molecular formula is C23H25BrN2O. The number of aromatic nitrogens is 1. The van der Waals surface area contributed by atoms with Gasteiger partial charge in [-0.05, 0) is 92.2 Å². The Bertz CT molecular complexity index is 834. The number of amides is 1. The number of alkyl halides is 1. The minimum absolute atomic E-state index is 0.163. The Morgan fingerprint density at radius 2 is 1.63 bits per heavy atom. The number of hydrogen-bond donors (Lipinski definition) is 1. The molecule has 6 rings (SSSR count). The van der Waals surface area contributed by atoms with E-state index >= 15 is 0 Å². The molecule has 1 amide bonds. The summed E-state index contributed by atoms with van der Waals surface area (Å²) in [6.45, 7) is 0. The van der Waals surface area contributed by atoms with Crippen molar-refractivity contribution in [2.75, 3.05) is 5.32 Å². The third-order valence-corrected chi connectivity index (χ3v) is 7.77. The van der Waals surface area contributed by atoms with Crippen LogP contribution in [-0.2, 0) is 11.2 Å². The molecule has 2 atom stereocenters.